The molecular formula is C18H26F3IN4. The van der Waals surface area contributed by atoms with Crippen LogP contribution in [0, 0.1) is 0 Å². The Morgan fingerprint density at radius 1 is 1.15 bits per heavy atom. The molecule has 0 unspecified atom stereocenters. The minimum absolute atomic E-state index is 0. The Kier molecular flexibility index (Phi) is 9.82. The first kappa shape index (κ1) is 22.6. The third kappa shape index (κ3) is 7.84. The minimum atomic E-state index is -4.08. The van der Waals surface area contributed by atoms with E-state index < -0.39 is 12.6 Å². The number of nitrogens with one attached hydrogen (secondary N) is 3. The molecule has 0 aliphatic rings. The van der Waals surface area contributed by atoms with Crippen molar-refractivity contribution in [2.75, 3.05) is 19.6 Å². The van der Waals surface area contributed by atoms with Gasteiger partial charge in [-0.3, -0.25) is 4.99 Å². The fourth-order valence-corrected chi connectivity index (χ4v) is 2.62. The van der Waals surface area contributed by atoms with Crippen molar-refractivity contribution in [2.45, 2.75) is 38.8 Å². The largest absolute Gasteiger partial charge is 0.389 e. The molecule has 2 aromatic rings. The lowest BCUT2D eigenvalue weighted by Crippen LogP contribution is -2.38. The first-order valence-corrected chi connectivity index (χ1v) is 8.63. The number of hydrogen-bond acceptors (Lipinski definition) is 1. The van der Waals surface area contributed by atoms with E-state index in [1.807, 2.05) is 31.3 Å². The van der Waals surface area contributed by atoms with Gasteiger partial charge in [0.15, 0.2) is 5.96 Å². The maximum Gasteiger partial charge on any atom is 0.389 e. The molecule has 3 N–H and O–H groups in total. The molecule has 0 atom stereocenters. The van der Waals surface area contributed by atoms with Crippen molar-refractivity contribution >= 4 is 40.8 Å². The minimum Gasteiger partial charge on any atom is -0.361 e. The molecule has 8 heteroatoms. The first-order chi connectivity index (χ1) is 12.0. The third-order valence-electron chi connectivity index (χ3n) is 3.84. The van der Waals surface area contributed by atoms with Crippen molar-refractivity contribution in [1.82, 2.24) is 15.6 Å². The summed E-state index contributed by atoms with van der Waals surface area (Å²) in [6.45, 7) is 3.76. The number of aromatic nitrogens is 1. The summed E-state index contributed by atoms with van der Waals surface area (Å²) in [6.07, 6.45) is -1.44. The summed E-state index contributed by atoms with van der Waals surface area (Å²) in [6, 6.07) is 8.13. The Morgan fingerprint density at radius 2 is 1.92 bits per heavy atom. The molecular weight excluding hydrogens is 456 g/mol. The van der Waals surface area contributed by atoms with Crippen LogP contribution in [0.2, 0.25) is 0 Å². The number of benzene rings is 1. The average Bonchev–Trinajstić information content (AvgIpc) is 2.97. The van der Waals surface area contributed by atoms with Crippen molar-refractivity contribution in [2.24, 2.45) is 4.99 Å². The van der Waals surface area contributed by atoms with Crippen LogP contribution in [0.4, 0.5) is 13.2 Å². The number of alkyl halides is 3. The highest BCUT2D eigenvalue weighted by Crippen LogP contribution is 2.22. The second kappa shape index (κ2) is 11.3. The highest BCUT2D eigenvalue weighted by molar-refractivity contribution is 14.0. The first-order valence-electron chi connectivity index (χ1n) is 8.63. The van der Waals surface area contributed by atoms with E-state index in [0.29, 0.717) is 32.0 Å². The van der Waals surface area contributed by atoms with Crippen LogP contribution in [-0.2, 0) is 6.42 Å². The Labute approximate surface area is 169 Å². The zero-order chi connectivity index (χ0) is 18.1. The average molecular weight is 482 g/mol. The number of hydrogen-bond donors (Lipinski definition) is 3. The number of aliphatic imine (C=N–C) groups is 1. The molecule has 0 spiro atoms. The molecule has 2 rings (SSSR count). The number of H-pyrrole nitrogens is 1. The quantitative estimate of drug-likeness (QED) is 0.223. The van der Waals surface area contributed by atoms with Gasteiger partial charge in [0.1, 0.15) is 0 Å². The molecule has 0 radical (unpaired) electrons. The van der Waals surface area contributed by atoms with Gasteiger partial charge in [0.2, 0.25) is 0 Å². The van der Waals surface area contributed by atoms with Crippen LogP contribution in [0.25, 0.3) is 10.9 Å². The van der Waals surface area contributed by atoms with Gasteiger partial charge in [-0.15, -0.1) is 24.0 Å². The highest BCUT2D eigenvalue weighted by atomic mass is 127. The van der Waals surface area contributed by atoms with E-state index in [2.05, 4.69) is 26.7 Å². The molecule has 146 valence electrons. The molecule has 0 fully saturated rings. The number of aromatic amines is 1. The van der Waals surface area contributed by atoms with Crippen molar-refractivity contribution < 1.29 is 13.2 Å². The number of halogens is 4. The number of guanidine groups is 1. The zero-order valence-corrected chi connectivity index (χ0v) is 17.2. The molecule has 1 heterocycles. The van der Waals surface area contributed by atoms with E-state index in [-0.39, 0.29) is 30.4 Å². The van der Waals surface area contributed by atoms with Crippen LogP contribution in [0.1, 0.15) is 31.7 Å². The monoisotopic (exact) mass is 482 g/mol. The van der Waals surface area contributed by atoms with Crippen molar-refractivity contribution in [3.05, 3.63) is 36.0 Å². The summed E-state index contributed by atoms with van der Waals surface area (Å²) in [5, 5.41) is 7.56. The molecule has 4 nitrogen and oxygen atoms in total. The smallest absolute Gasteiger partial charge is 0.361 e. The molecule has 0 aliphatic heterocycles. The number of unbranched alkanes of at least 4 members (excludes halogenated alkanes) is 1. The lowest BCUT2D eigenvalue weighted by molar-refractivity contribution is -0.135. The van der Waals surface area contributed by atoms with Crippen molar-refractivity contribution in [1.29, 1.82) is 0 Å². The maximum absolute atomic E-state index is 12.1. The normalized spacial score (nSPS) is 12.1. The molecule has 1 aromatic carbocycles. The van der Waals surface area contributed by atoms with Gasteiger partial charge in [0, 0.05) is 43.2 Å². The second-order valence-corrected chi connectivity index (χ2v) is 5.87. The molecule has 0 saturated heterocycles. The SMILES string of the molecule is CCNC(=NCCCCC(F)(F)F)NCCc1c[nH]c2ccccc12.I. The van der Waals surface area contributed by atoms with E-state index >= 15 is 0 Å². The standard InChI is InChI=1S/C18H25F3N4.HI/c1-2-22-17(23-11-6-5-10-18(19,20)21)24-12-9-14-13-25-16-8-4-3-7-15(14)16;/h3-4,7-8,13,25H,2,5-6,9-12H2,1H3,(H2,22,23,24);1H. The topological polar surface area (TPSA) is 52.2 Å². The van der Waals surface area contributed by atoms with Gasteiger partial charge in [0.25, 0.3) is 0 Å². The Morgan fingerprint density at radius 3 is 2.65 bits per heavy atom. The van der Waals surface area contributed by atoms with Crippen LogP contribution in [0.5, 0.6) is 0 Å². The van der Waals surface area contributed by atoms with E-state index in [0.717, 1.165) is 11.9 Å². The molecule has 1 aromatic heterocycles. The van der Waals surface area contributed by atoms with Crippen LogP contribution < -0.4 is 10.6 Å². The van der Waals surface area contributed by atoms with Gasteiger partial charge in [-0.2, -0.15) is 13.2 Å². The lowest BCUT2D eigenvalue weighted by Gasteiger charge is -2.11. The third-order valence-corrected chi connectivity index (χ3v) is 3.84. The summed E-state index contributed by atoms with van der Waals surface area (Å²) in [5.41, 5.74) is 2.34. The van der Waals surface area contributed by atoms with E-state index in [9.17, 15) is 13.2 Å². The van der Waals surface area contributed by atoms with Gasteiger partial charge in [-0.25, -0.2) is 0 Å². The number of nitrogens with zero attached hydrogens (tertiary/aromatic N) is 1. The molecule has 0 bridgehead atoms. The van der Waals surface area contributed by atoms with E-state index in [1.165, 1.54) is 10.9 Å². The van der Waals surface area contributed by atoms with Gasteiger partial charge >= 0.3 is 6.18 Å². The lowest BCUT2D eigenvalue weighted by atomic mass is 10.1. The van der Waals surface area contributed by atoms with Gasteiger partial charge in [-0.05, 0) is 37.8 Å². The van der Waals surface area contributed by atoms with Gasteiger partial charge < -0.3 is 15.6 Å². The summed E-state index contributed by atoms with van der Waals surface area (Å²) in [7, 11) is 0. The number of rotatable bonds is 8. The van der Waals surface area contributed by atoms with Crippen LogP contribution in [0.3, 0.4) is 0 Å². The predicted molar refractivity (Wildman–Crippen MR) is 111 cm³/mol. The summed E-state index contributed by atoms with van der Waals surface area (Å²) in [4.78, 5) is 7.58. The molecule has 26 heavy (non-hydrogen) atoms. The zero-order valence-electron chi connectivity index (χ0n) is 14.8. The molecule has 0 saturated carbocycles. The van der Waals surface area contributed by atoms with E-state index in [1.54, 1.807) is 0 Å². The number of fused-ring (bicyclic) bond motifs is 1. The second-order valence-electron chi connectivity index (χ2n) is 5.87. The van der Waals surface area contributed by atoms with Gasteiger partial charge in [0.05, 0.1) is 0 Å². The summed E-state index contributed by atoms with van der Waals surface area (Å²) >= 11 is 0. The number of para-hydroxylation sites is 1. The Balaban J connectivity index is 0.00000338. The highest BCUT2D eigenvalue weighted by Gasteiger charge is 2.25. The van der Waals surface area contributed by atoms with Gasteiger partial charge in [-0.1, -0.05) is 18.2 Å². The van der Waals surface area contributed by atoms with Crippen molar-refractivity contribution in [3.63, 3.8) is 0 Å². The van der Waals surface area contributed by atoms with Crippen LogP contribution >= 0.6 is 24.0 Å². The molecule has 0 aliphatic carbocycles. The fourth-order valence-electron chi connectivity index (χ4n) is 2.62. The Bertz CT molecular complexity index is 682. The van der Waals surface area contributed by atoms with Crippen LogP contribution in [0.15, 0.2) is 35.5 Å². The predicted octanol–water partition coefficient (Wildman–Crippen LogP) is 4.62. The summed E-state index contributed by atoms with van der Waals surface area (Å²) < 4.78 is 36.3. The fraction of sp³-hybridized carbons (Fsp3) is 0.500. The molecule has 0 amide bonds. The van der Waals surface area contributed by atoms with E-state index in [4.69, 9.17) is 0 Å². The van der Waals surface area contributed by atoms with Crippen molar-refractivity contribution in [3.8, 4) is 0 Å². The maximum atomic E-state index is 12.1. The van der Waals surface area contributed by atoms with Crippen LogP contribution in [-0.4, -0.2) is 36.8 Å². The summed E-state index contributed by atoms with van der Waals surface area (Å²) in [5.74, 6) is 0.648. The Hall–Kier alpha value is -1.45.